The molecule has 0 atom stereocenters. The van der Waals surface area contributed by atoms with Crippen LogP contribution in [-0.2, 0) is 31.9 Å². The summed E-state index contributed by atoms with van der Waals surface area (Å²) in [4.78, 5) is 8.59. The number of anilines is 4. The third kappa shape index (κ3) is 10.2. The molecule has 0 N–H and O–H groups in total. The number of benzene rings is 8. The molecule has 0 aliphatic carbocycles. The average Bonchev–Trinajstić information content (AvgIpc) is 4.25. The summed E-state index contributed by atoms with van der Waals surface area (Å²) in [5.41, 5.74) is 10.7. The Hall–Kier alpha value is -7.55. The Morgan fingerprint density at radius 2 is 1.12 bits per heavy atom. The fourth-order valence-electron chi connectivity index (χ4n) is 11.0. The largest absolute Gasteiger partial charge is 0.509 e. The summed E-state index contributed by atoms with van der Waals surface area (Å²) in [6.45, 7) is 26.7. The van der Waals surface area contributed by atoms with Crippen LogP contribution in [0.1, 0.15) is 114 Å². The number of halogens is 5. The Morgan fingerprint density at radius 3 is 1.75 bits per heavy atom. The molecule has 3 heterocycles. The molecular formula is C70H62F5N4OPt-3. The van der Waals surface area contributed by atoms with Gasteiger partial charge in [-0.05, 0) is 129 Å². The van der Waals surface area contributed by atoms with E-state index in [1.165, 1.54) is 0 Å². The van der Waals surface area contributed by atoms with Crippen molar-refractivity contribution in [3.05, 3.63) is 221 Å². The standard InChI is InChI=1S/C70H62F5N4O.Pt/c1-39(2)43-28-44(40(3)4)30-45(29-43)54-33-48(70(10,11)12)34-55(62-63(71)65(73)67(75)66(74)64(62)72)68(54)78-38-77(57-22-15-16-23-58(57)78)49-31-46(61-41(5)18-17-19-42(61)6)32-51(36-49)80-50-24-25-53-52-20-13-14-21-56(52)79(59(53)37-50)60-35-47(26-27-76-60)69(7,8)9;/h13-35,38-40H,1-12H3;/q-3;. The first-order valence-electron chi connectivity index (χ1n) is 27.1. The minimum Gasteiger partial charge on any atom is -0.509 e. The summed E-state index contributed by atoms with van der Waals surface area (Å²) >= 11 is 0. The molecule has 0 saturated heterocycles. The fourth-order valence-corrected chi connectivity index (χ4v) is 11.0. The van der Waals surface area contributed by atoms with Crippen LogP contribution in [-0.4, -0.2) is 9.55 Å². The molecule has 0 fully saturated rings. The van der Waals surface area contributed by atoms with Crippen LogP contribution >= 0.6 is 0 Å². The van der Waals surface area contributed by atoms with Gasteiger partial charge in [-0.3, -0.25) is 0 Å². The van der Waals surface area contributed by atoms with E-state index in [0.29, 0.717) is 39.7 Å². The molecule has 1 aliphatic rings. The monoisotopic (exact) mass is 1260 g/mol. The molecule has 1 aliphatic heterocycles. The first kappa shape index (κ1) is 56.7. The molecule has 0 amide bonds. The second-order valence-electron chi connectivity index (χ2n) is 23.7. The first-order valence-corrected chi connectivity index (χ1v) is 27.1. The summed E-state index contributed by atoms with van der Waals surface area (Å²) in [6, 6.07) is 51.0. The number of ether oxygens (including phenoxy) is 1. The van der Waals surface area contributed by atoms with E-state index in [2.05, 4.69) is 128 Å². The van der Waals surface area contributed by atoms with E-state index < -0.39 is 40.1 Å². The fraction of sp³-hybridized carbons (Fsp3) is 0.229. The summed E-state index contributed by atoms with van der Waals surface area (Å²) in [5, 5.41) is 2.02. The number of para-hydroxylation sites is 3. The van der Waals surface area contributed by atoms with Gasteiger partial charge in [-0.1, -0.05) is 141 Å². The Bertz CT molecular complexity index is 4040. The predicted octanol–water partition coefficient (Wildman–Crippen LogP) is 20.1. The smallest absolute Gasteiger partial charge is 0.200 e. The molecule has 81 heavy (non-hydrogen) atoms. The molecule has 2 aromatic heterocycles. The quantitative estimate of drug-likeness (QED) is 0.0591. The van der Waals surface area contributed by atoms with Crippen molar-refractivity contribution in [1.82, 2.24) is 9.55 Å². The zero-order chi connectivity index (χ0) is 56.9. The Morgan fingerprint density at radius 1 is 0.531 bits per heavy atom. The van der Waals surface area contributed by atoms with E-state index in [1.54, 1.807) is 17.6 Å². The Kier molecular flexibility index (Phi) is 15.0. The maximum Gasteiger partial charge on any atom is 0.200 e. The minimum absolute atomic E-state index is 0. The van der Waals surface area contributed by atoms with Crippen LogP contribution in [0.2, 0.25) is 0 Å². The Balaban J connectivity index is 0.00000736. The summed E-state index contributed by atoms with van der Waals surface area (Å²) in [6.07, 6.45) is 1.84. The van der Waals surface area contributed by atoms with Gasteiger partial charge >= 0.3 is 0 Å². The predicted molar refractivity (Wildman–Crippen MR) is 315 cm³/mol. The van der Waals surface area contributed by atoms with Crippen LogP contribution in [0.15, 0.2) is 140 Å². The van der Waals surface area contributed by atoms with Gasteiger partial charge in [-0.15, -0.1) is 53.6 Å². The summed E-state index contributed by atoms with van der Waals surface area (Å²) < 4.78 is 88.8. The molecular weight excluding hydrogens is 1200 g/mol. The second-order valence-corrected chi connectivity index (χ2v) is 23.7. The molecule has 0 spiro atoms. The van der Waals surface area contributed by atoms with Crippen LogP contribution in [0.25, 0.3) is 61.0 Å². The van der Waals surface area contributed by atoms with Gasteiger partial charge in [0.1, 0.15) is 5.82 Å². The van der Waals surface area contributed by atoms with Crippen LogP contribution in [0.4, 0.5) is 44.7 Å². The van der Waals surface area contributed by atoms with Crippen LogP contribution < -0.4 is 14.5 Å². The van der Waals surface area contributed by atoms with Gasteiger partial charge in [0, 0.05) is 72.5 Å². The van der Waals surface area contributed by atoms with Crippen LogP contribution in [0, 0.1) is 61.7 Å². The van der Waals surface area contributed by atoms with E-state index in [4.69, 9.17) is 9.72 Å². The molecule has 10 aromatic rings. The van der Waals surface area contributed by atoms with Gasteiger partial charge in [-0.2, -0.15) is 6.07 Å². The average molecular weight is 1270 g/mol. The van der Waals surface area contributed by atoms with Crippen molar-refractivity contribution in [2.75, 3.05) is 9.80 Å². The summed E-state index contributed by atoms with van der Waals surface area (Å²) in [7, 11) is 0. The normalized spacial score (nSPS) is 12.8. The van der Waals surface area contributed by atoms with Gasteiger partial charge in [-0.25, -0.2) is 26.9 Å². The number of aryl methyl sites for hydroxylation is 2. The number of pyridine rings is 1. The Labute approximate surface area is 486 Å². The molecule has 0 unspecified atom stereocenters. The van der Waals surface area contributed by atoms with Gasteiger partial charge in [0.25, 0.3) is 0 Å². The molecule has 0 bridgehead atoms. The third-order valence-electron chi connectivity index (χ3n) is 15.4. The van der Waals surface area contributed by atoms with Crippen molar-refractivity contribution in [3.63, 3.8) is 0 Å². The van der Waals surface area contributed by atoms with Gasteiger partial charge in [0.05, 0.1) is 5.56 Å². The SMILES string of the molecule is Cc1cccc(C)c1-c1cc(Oc2[c-]c3c(cc2)c2ccccc2n3-c2cc(C(C)(C)C)ccn2)[c-]c(N2[CH-]N(c3c(-c4cc(C(C)C)cc(C(C)C)c4)cc(C(C)(C)C)cc3-c3c(F)c(F)c(F)c(F)c3F)c3ccccc32)c1.[Pt]. The maximum absolute atomic E-state index is 16.7. The maximum atomic E-state index is 16.7. The van der Waals surface area contributed by atoms with Crippen LogP contribution in [0.3, 0.4) is 0 Å². The molecule has 0 saturated carbocycles. The molecule has 0 radical (unpaired) electrons. The van der Waals surface area contributed by atoms with Gasteiger partial charge in [0.15, 0.2) is 23.3 Å². The van der Waals surface area contributed by atoms with Crippen molar-refractivity contribution in [3.8, 4) is 50.7 Å². The van der Waals surface area contributed by atoms with E-state index >= 15 is 17.6 Å². The van der Waals surface area contributed by atoms with E-state index in [-0.39, 0.29) is 49.6 Å². The third-order valence-corrected chi connectivity index (χ3v) is 15.4. The number of aromatic nitrogens is 2. The molecule has 8 aromatic carbocycles. The molecule has 416 valence electrons. The van der Waals surface area contributed by atoms with Gasteiger partial charge < -0.3 is 19.1 Å². The van der Waals surface area contributed by atoms with Crippen molar-refractivity contribution in [2.24, 2.45) is 0 Å². The molecule has 5 nitrogen and oxygen atoms in total. The second kappa shape index (κ2) is 21.4. The number of fused-ring (bicyclic) bond motifs is 4. The number of hydrogen-bond donors (Lipinski definition) is 0. The summed E-state index contributed by atoms with van der Waals surface area (Å²) in [5.74, 6) is -8.40. The number of nitrogens with zero attached hydrogens (tertiary/aromatic N) is 4. The minimum atomic E-state index is -2.23. The van der Waals surface area contributed by atoms with E-state index in [1.807, 2.05) is 111 Å². The van der Waals surface area contributed by atoms with E-state index in [0.717, 1.165) is 72.1 Å². The van der Waals surface area contributed by atoms with Crippen molar-refractivity contribution in [2.45, 2.75) is 106 Å². The number of rotatable bonds is 10. The molecule has 11 heteroatoms. The zero-order valence-electron chi connectivity index (χ0n) is 47.4. The molecule has 11 rings (SSSR count). The topological polar surface area (TPSA) is 33.5 Å². The van der Waals surface area contributed by atoms with Crippen molar-refractivity contribution >= 4 is 44.6 Å². The van der Waals surface area contributed by atoms with E-state index in [9.17, 15) is 4.39 Å². The van der Waals surface area contributed by atoms with Crippen molar-refractivity contribution < 1.29 is 47.8 Å². The zero-order valence-corrected chi connectivity index (χ0v) is 49.7. The number of hydrogen-bond acceptors (Lipinski definition) is 4. The van der Waals surface area contributed by atoms with Gasteiger partial charge in [0.2, 0.25) is 5.82 Å². The van der Waals surface area contributed by atoms with Crippen molar-refractivity contribution in [1.29, 1.82) is 0 Å². The first-order chi connectivity index (χ1) is 38.0. The van der Waals surface area contributed by atoms with Crippen LogP contribution in [0.5, 0.6) is 11.5 Å².